The maximum atomic E-state index is 13.0. The Morgan fingerprint density at radius 1 is 1.17 bits per heavy atom. The third-order valence-electron chi connectivity index (χ3n) is 4.99. The molecule has 3 rings (SSSR count). The molecule has 1 amide bonds. The number of thioether (sulfide) groups is 1. The summed E-state index contributed by atoms with van der Waals surface area (Å²) in [7, 11) is 1.70. The average Bonchev–Trinajstić information content (AvgIpc) is 2.98. The van der Waals surface area contributed by atoms with Crippen LogP contribution in [0.5, 0.6) is 5.75 Å². The molecule has 2 aromatic carbocycles. The number of hydrogen-bond donors (Lipinski definition) is 0. The number of aliphatic imine (C=N–C) groups is 1. The maximum Gasteiger partial charge on any atom is 0.266 e. The fraction of sp³-hybridized carbons (Fsp3) is 0.333. The number of carbonyl (C=O) groups is 1. The fourth-order valence-electron chi connectivity index (χ4n) is 3.24. The van der Waals surface area contributed by atoms with Crippen molar-refractivity contribution in [3.8, 4) is 5.75 Å². The molecule has 1 fully saturated rings. The number of carbonyl (C=O) groups excluding carboxylic acids is 1. The van der Waals surface area contributed by atoms with Crippen molar-refractivity contribution in [2.45, 2.75) is 40.5 Å². The first-order valence-corrected chi connectivity index (χ1v) is 10.7. The highest BCUT2D eigenvalue weighted by molar-refractivity contribution is 8.18. The van der Waals surface area contributed by atoms with Crippen molar-refractivity contribution >= 4 is 34.6 Å². The minimum atomic E-state index is 0.00433. The molecule has 0 spiro atoms. The molecule has 1 aliphatic heterocycles. The molecule has 1 saturated heterocycles. The van der Waals surface area contributed by atoms with Crippen molar-refractivity contribution < 1.29 is 9.53 Å². The van der Waals surface area contributed by atoms with Gasteiger partial charge in [0.25, 0.3) is 5.91 Å². The monoisotopic (exact) mass is 408 g/mol. The molecular weight excluding hydrogens is 380 g/mol. The van der Waals surface area contributed by atoms with E-state index in [0.29, 0.717) is 17.4 Å². The van der Waals surface area contributed by atoms with Gasteiger partial charge in [0.05, 0.1) is 17.7 Å². The molecule has 1 aliphatic rings. The summed E-state index contributed by atoms with van der Waals surface area (Å²) in [4.78, 5) is 20.1. The zero-order valence-electron chi connectivity index (χ0n) is 17.9. The van der Waals surface area contributed by atoms with Crippen LogP contribution in [0.1, 0.15) is 48.9 Å². The van der Waals surface area contributed by atoms with Crippen LogP contribution < -0.4 is 4.74 Å². The SMILES string of the molecule is CCN1C(=O)/C(=C\c2cc(C(C)C)c(OC)cc2C)SC1=Nc1ccc(C)cc1. The molecule has 0 bridgehead atoms. The van der Waals surface area contributed by atoms with Crippen molar-refractivity contribution in [2.24, 2.45) is 4.99 Å². The second-order valence-electron chi connectivity index (χ2n) is 7.50. The van der Waals surface area contributed by atoms with Gasteiger partial charge in [0.2, 0.25) is 0 Å². The van der Waals surface area contributed by atoms with E-state index in [2.05, 4.69) is 19.9 Å². The molecule has 29 heavy (non-hydrogen) atoms. The Hall–Kier alpha value is -2.53. The number of likely N-dealkylation sites (N-methyl/N-ethyl adjacent to an activating group) is 1. The maximum absolute atomic E-state index is 13.0. The van der Waals surface area contributed by atoms with E-state index in [4.69, 9.17) is 9.73 Å². The van der Waals surface area contributed by atoms with Crippen LogP contribution in [0.4, 0.5) is 5.69 Å². The number of hydrogen-bond acceptors (Lipinski definition) is 4. The van der Waals surface area contributed by atoms with Gasteiger partial charge in [-0.1, -0.05) is 31.5 Å². The number of aryl methyl sites for hydroxylation is 2. The van der Waals surface area contributed by atoms with Gasteiger partial charge >= 0.3 is 0 Å². The lowest BCUT2D eigenvalue weighted by atomic mass is 9.96. The number of amides is 1. The Morgan fingerprint density at radius 3 is 2.45 bits per heavy atom. The van der Waals surface area contributed by atoms with Gasteiger partial charge in [-0.15, -0.1) is 0 Å². The van der Waals surface area contributed by atoms with Crippen LogP contribution in [-0.4, -0.2) is 29.6 Å². The first-order chi connectivity index (χ1) is 13.8. The summed E-state index contributed by atoms with van der Waals surface area (Å²) < 4.78 is 5.54. The summed E-state index contributed by atoms with van der Waals surface area (Å²) in [6, 6.07) is 12.2. The van der Waals surface area contributed by atoms with E-state index in [-0.39, 0.29) is 5.91 Å². The van der Waals surface area contributed by atoms with Crippen LogP contribution in [0.2, 0.25) is 0 Å². The predicted molar refractivity (Wildman–Crippen MR) is 123 cm³/mol. The van der Waals surface area contributed by atoms with Crippen molar-refractivity contribution in [1.29, 1.82) is 0 Å². The number of amidine groups is 1. The molecule has 0 saturated carbocycles. The van der Waals surface area contributed by atoms with E-state index in [1.807, 2.05) is 57.2 Å². The van der Waals surface area contributed by atoms with Crippen molar-refractivity contribution in [3.63, 3.8) is 0 Å². The highest BCUT2D eigenvalue weighted by Crippen LogP contribution is 2.36. The minimum absolute atomic E-state index is 0.00433. The quantitative estimate of drug-likeness (QED) is 0.565. The van der Waals surface area contributed by atoms with E-state index < -0.39 is 0 Å². The normalized spacial score (nSPS) is 17.1. The highest BCUT2D eigenvalue weighted by atomic mass is 32.2. The van der Waals surface area contributed by atoms with Gasteiger partial charge in [-0.3, -0.25) is 9.69 Å². The van der Waals surface area contributed by atoms with E-state index in [0.717, 1.165) is 33.3 Å². The molecule has 2 aromatic rings. The Bertz CT molecular complexity index is 975. The zero-order valence-corrected chi connectivity index (χ0v) is 18.8. The van der Waals surface area contributed by atoms with Gasteiger partial charge in [0, 0.05) is 6.54 Å². The predicted octanol–water partition coefficient (Wildman–Crippen LogP) is 6.06. The molecule has 152 valence electrons. The molecule has 0 aromatic heterocycles. The molecule has 0 atom stereocenters. The van der Waals surface area contributed by atoms with E-state index in [1.165, 1.54) is 17.3 Å². The zero-order chi connectivity index (χ0) is 21.1. The topological polar surface area (TPSA) is 41.9 Å². The Labute approximate surface area is 177 Å². The van der Waals surface area contributed by atoms with Crippen LogP contribution >= 0.6 is 11.8 Å². The third-order valence-corrected chi connectivity index (χ3v) is 6.00. The lowest BCUT2D eigenvalue weighted by molar-refractivity contribution is -0.122. The lowest BCUT2D eigenvalue weighted by Crippen LogP contribution is -2.28. The molecule has 0 aliphatic carbocycles. The van der Waals surface area contributed by atoms with Gasteiger partial charge in [0.15, 0.2) is 5.17 Å². The van der Waals surface area contributed by atoms with Crippen LogP contribution in [0.25, 0.3) is 6.08 Å². The molecule has 0 radical (unpaired) electrons. The van der Waals surface area contributed by atoms with E-state index >= 15 is 0 Å². The molecule has 1 heterocycles. The first-order valence-electron chi connectivity index (χ1n) is 9.89. The van der Waals surface area contributed by atoms with Gasteiger partial charge < -0.3 is 4.74 Å². The van der Waals surface area contributed by atoms with Gasteiger partial charge in [-0.25, -0.2) is 4.99 Å². The third kappa shape index (κ3) is 4.56. The smallest absolute Gasteiger partial charge is 0.266 e. The Morgan fingerprint density at radius 2 is 1.86 bits per heavy atom. The van der Waals surface area contributed by atoms with Crippen molar-refractivity contribution in [1.82, 2.24) is 4.90 Å². The summed E-state index contributed by atoms with van der Waals surface area (Å²) in [5, 5.41) is 0.725. The summed E-state index contributed by atoms with van der Waals surface area (Å²) in [6.45, 7) is 10.9. The van der Waals surface area contributed by atoms with Crippen LogP contribution in [-0.2, 0) is 4.79 Å². The number of ether oxygens (including phenoxy) is 1. The summed E-state index contributed by atoms with van der Waals surface area (Å²) in [5.74, 6) is 1.23. The second-order valence-corrected chi connectivity index (χ2v) is 8.50. The average molecular weight is 409 g/mol. The number of benzene rings is 2. The summed E-state index contributed by atoms with van der Waals surface area (Å²) in [5.41, 5.74) is 5.31. The number of nitrogens with zero attached hydrogens (tertiary/aromatic N) is 2. The van der Waals surface area contributed by atoms with Gasteiger partial charge in [-0.2, -0.15) is 0 Å². The van der Waals surface area contributed by atoms with Crippen molar-refractivity contribution in [2.75, 3.05) is 13.7 Å². The van der Waals surface area contributed by atoms with E-state index in [9.17, 15) is 4.79 Å². The fourth-order valence-corrected chi connectivity index (χ4v) is 4.29. The van der Waals surface area contributed by atoms with Gasteiger partial charge in [-0.05, 0) is 85.5 Å². The molecule has 0 N–H and O–H groups in total. The molecular formula is C24H28N2O2S. The summed E-state index contributed by atoms with van der Waals surface area (Å²) >= 11 is 1.43. The molecule has 4 nitrogen and oxygen atoms in total. The Balaban J connectivity index is 1.99. The number of rotatable bonds is 5. The minimum Gasteiger partial charge on any atom is -0.496 e. The molecule has 5 heteroatoms. The highest BCUT2D eigenvalue weighted by Gasteiger charge is 2.32. The van der Waals surface area contributed by atoms with Crippen LogP contribution in [0.3, 0.4) is 0 Å². The largest absolute Gasteiger partial charge is 0.496 e. The van der Waals surface area contributed by atoms with Gasteiger partial charge in [0.1, 0.15) is 5.75 Å². The second kappa shape index (κ2) is 8.87. The lowest BCUT2D eigenvalue weighted by Gasteiger charge is -2.15. The first kappa shape index (κ1) is 21.2. The molecule has 0 unspecified atom stereocenters. The van der Waals surface area contributed by atoms with E-state index in [1.54, 1.807) is 12.0 Å². The number of methoxy groups -OCH3 is 1. The van der Waals surface area contributed by atoms with Crippen molar-refractivity contribution in [3.05, 3.63) is 63.6 Å². The Kier molecular flexibility index (Phi) is 6.48. The summed E-state index contributed by atoms with van der Waals surface area (Å²) in [6.07, 6.45) is 1.98. The van der Waals surface area contributed by atoms with Crippen LogP contribution in [0.15, 0.2) is 46.3 Å². The standard InChI is InChI=1S/C24H28N2O2S/c1-7-26-23(27)22(29-24(26)25-19-10-8-16(4)9-11-19)14-18-13-20(15(2)3)21(28-6)12-17(18)5/h8-15H,7H2,1-6H3/b22-14+,25-24?. The van der Waals surface area contributed by atoms with Crippen LogP contribution in [0, 0.1) is 13.8 Å².